The van der Waals surface area contributed by atoms with Crippen molar-refractivity contribution in [2.24, 2.45) is 0 Å². The maximum Gasteiger partial charge on any atom is 0.195 e. The minimum absolute atomic E-state index is 0.141. The molecule has 0 aliphatic rings. The van der Waals surface area contributed by atoms with Crippen LogP contribution < -0.4 is 0 Å². The molecular formula is C15H15FN2O. The largest absolute Gasteiger partial charge is 0.289 e. The van der Waals surface area contributed by atoms with Gasteiger partial charge in [0.1, 0.15) is 5.82 Å². The van der Waals surface area contributed by atoms with E-state index >= 15 is 0 Å². The van der Waals surface area contributed by atoms with E-state index in [4.69, 9.17) is 0 Å². The van der Waals surface area contributed by atoms with Gasteiger partial charge in [-0.15, -0.1) is 0 Å². The zero-order chi connectivity index (χ0) is 14.0. The summed E-state index contributed by atoms with van der Waals surface area (Å²) in [5.74, 6) is -0.450. The van der Waals surface area contributed by atoms with Crippen molar-refractivity contribution in [3.63, 3.8) is 0 Å². The fraction of sp³-hybridized carbons (Fsp3) is 0.267. The lowest BCUT2D eigenvalue weighted by molar-refractivity contribution is 0.103. The fourth-order valence-corrected chi connectivity index (χ4v) is 1.91. The van der Waals surface area contributed by atoms with E-state index in [2.05, 4.69) is 10.2 Å². The molecule has 0 amide bonds. The summed E-state index contributed by atoms with van der Waals surface area (Å²) in [5, 5.41) is 7.99. The first kappa shape index (κ1) is 13.3. The molecule has 0 spiro atoms. The molecule has 0 N–H and O–H groups in total. The minimum Gasteiger partial charge on any atom is -0.289 e. The van der Waals surface area contributed by atoms with E-state index in [1.807, 2.05) is 6.92 Å². The van der Waals surface area contributed by atoms with Crippen molar-refractivity contribution >= 4 is 5.78 Å². The monoisotopic (exact) mass is 258 g/mol. The summed E-state index contributed by atoms with van der Waals surface area (Å²) in [5.41, 5.74) is 2.83. The number of hydrogen-bond acceptors (Lipinski definition) is 3. The van der Waals surface area contributed by atoms with Gasteiger partial charge in [-0.3, -0.25) is 4.79 Å². The summed E-state index contributed by atoms with van der Waals surface area (Å²) in [4.78, 5) is 12.5. The minimum atomic E-state index is -0.309. The summed E-state index contributed by atoms with van der Waals surface area (Å²) >= 11 is 0. The molecule has 0 saturated carbocycles. The topological polar surface area (TPSA) is 42.9 Å². The molecule has 2 aromatic rings. The molecule has 2 rings (SSSR count). The number of rotatable bonds is 3. The Kier molecular flexibility index (Phi) is 3.69. The molecule has 0 atom stereocenters. The third-order valence-corrected chi connectivity index (χ3v) is 2.99. The van der Waals surface area contributed by atoms with E-state index < -0.39 is 0 Å². The molecule has 0 aliphatic carbocycles. The molecule has 19 heavy (non-hydrogen) atoms. The van der Waals surface area contributed by atoms with Crippen LogP contribution in [0.5, 0.6) is 0 Å². The highest BCUT2D eigenvalue weighted by Gasteiger charge is 2.15. The van der Waals surface area contributed by atoms with Gasteiger partial charge in [-0.25, -0.2) is 4.39 Å². The van der Waals surface area contributed by atoms with Crippen LogP contribution in [0.15, 0.2) is 24.3 Å². The normalized spacial score (nSPS) is 10.5. The van der Waals surface area contributed by atoms with Gasteiger partial charge in [0.15, 0.2) is 5.78 Å². The second kappa shape index (κ2) is 5.26. The smallest absolute Gasteiger partial charge is 0.195 e. The first-order valence-electron chi connectivity index (χ1n) is 6.17. The van der Waals surface area contributed by atoms with Crippen LogP contribution in [0.4, 0.5) is 4.39 Å². The van der Waals surface area contributed by atoms with Crippen molar-refractivity contribution in [1.82, 2.24) is 10.2 Å². The lowest BCUT2D eigenvalue weighted by Crippen LogP contribution is -2.09. The highest BCUT2D eigenvalue weighted by molar-refractivity contribution is 6.09. The van der Waals surface area contributed by atoms with Gasteiger partial charge in [-0.1, -0.05) is 6.92 Å². The van der Waals surface area contributed by atoms with Crippen LogP contribution in [-0.4, -0.2) is 16.0 Å². The molecule has 0 radical (unpaired) electrons. The molecule has 0 fully saturated rings. The average Bonchev–Trinajstić information content (AvgIpc) is 2.41. The lowest BCUT2D eigenvalue weighted by atomic mass is 9.99. The third kappa shape index (κ3) is 2.67. The van der Waals surface area contributed by atoms with Crippen LogP contribution in [0, 0.1) is 19.7 Å². The Morgan fingerprint density at radius 1 is 1.21 bits per heavy atom. The van der Waals surface area contributed by atoms with Gasteiger partial charge >= 0.3 is 0 Å². The van der Waals surface area contributed by atoms with E-state index in [1.54, 1.807) is 26.0 Å². The van der Waals surface area contributed by atoms with Crippen molar-refractivity contribution in [3.8, 4) is 0 Å². The summed E-state index contributed by atoms with van der Waals surface area (Å²) < 4.78 is 13.2. The molecule has 4 heteroatoms. The van der Waals surface area contributed by atoms with Crippen molar-refractivity contribution in [2.45, 2.75) is 27.2 Å². The predicted octanol–water partition coefficient (Wildman–Crippen LogP) is 3.03. The molecule has 0 unspecified atom stereocenters. The maximum absolute atomic E-state index is 13.2. The molecule has 3 nitrogen and oxygen atoms in total. The number of halogens is 1. The van der Waals surface area contributed by atoms with Crippen LogP contribution in [0.25, 0.3) is 0 Å². The number of nitrogens with zero attached hydrogens (tertiary/aromatic N) is 2. The van der Waals surface area contributed by atoms with E-state index in [0.29, 0.717) is 34.5 Å². The molecule has 0 bridgehead atoms. The average molecular weight is 258 g/mol. The highest BCUT2D eigenvalue weighted by Crippen LogP contribution is 2.16. The third-order valence-electron chi connectivity index (χ3n) is 2.99. The Bertz CT molecular complexity index is 638. The van der Waals surface area contributed by atoms with Gasteiger partial charge < -0.3 is 0 Å². The van der Waals surface area contributed by atoms with Gasteiger partial charge in [0.05, 0.1) is 11.4 Å². The SMILES string of the molecule is CCc1nnc(C)cc1C(=O)c1ccc(F)c(C)c1. The number of carbonyl (C=O) groups excluding carboxylic acids is 1. The van der Waals surface area contributed by atoms with Gasteiger partial charge in [-0.2, -0.15) is 10.2 Å². The van der Waals surface area contributed by atoms with E-state index in [-0.39, 0.29) is 11.6 Å². The highest BCUT2D eigenvalue weighted by atomic mass is 19.1. The summed E-state index contributed by atoms with van der Waals surface area (Å²) in [6.07, 6.45) is 0.633. The Labute approximate surface area is 111 Å². The van der Waals surface area contributed by atoms with Crippen molar-refractivity contribution in [1.29, 1.82) is 0 Å². The number of benzene rings is 1. The van der Waals surface area contributed by atoms with Crippen molar-refractivity contribution < 1.29 is 9.18 Å². The number of aryl methyl sites for hydroxylation is 3. The Balaban J connectivity index is 2.49. The molecule has 0 saturated heterocycles. The van der Waals surface area contributed by atoms with Crippen LogP contribution in [0.3, 0.4) is 0 Å². The standard InChI is InChI=1S/C15H15FN2O/c1-4-14-12(8-10(3)17-18-14)15(19)11-5-6-13(16)9(2)7-11/h5-8H,4H2,1-3H3. The van der Waals surface area contributed by atoms with Gasteiger partial charge in [0.2, 0.25) is 0 Å². The van der Waals surface area contributed by atoms with Crippen molar-refractivity contribution in [2.75, 3.05) is 0 Å². The van der Waals surface area contributed by atoms with E-state index in [9.17, 15) is 9.18 Å². The van der Waals surface area contributed by atoms with E-state index in [0.717, 1.165) is 0 Å². The first-order valence-corrected chi connectivity index (χ1v) is 6.17. The van der Waals surface area contributed by atoms with Crippen LogP contribution in [0.1, 0.15) is 39.8 Å². The van der Waals surface area contributed by atoms with E-state index in [1.165, 1.54) is 12.1 Å². The number of hydrogen-bond donors (Lipinski definition) is 0. The van der Waals surface area contributed by atoms with Gasteiger partial charge in [0.25, 0.3) is 0 Å². The lowest BCUT2D eigenvalue weighted by Gasteiger charge is -2.07. The van der Waals surface area contributed by atoms with Gasteiger partial charge in [0, 0.05) is 11.1 Å². The quantitative estimate of drug-likeness (QED) is 0.795. The van der Waals surface area contributed by atoms with Gasteiger partial charge in [-0.05, 0) is 50.1 Å². The first-order chi connectivity index (χ1) is 9.02. The zero-order valence-corrected chi connectivity index (χ0v) is 11.2. The van der Waals surface area contributed by atoms with Crippen LogP contribution in [-0.2, 0) is 6.42 Å². The molecule has 1 aromatic heterocycles. The second-order valence-electron chi connectivity index (χ2n) is 4.49. The Morgan fingerprint density at radius 2 is 1.95 bits per heavy atom. The van der Waals surface area contributed by atoms with Crippen LogP contribution >= 0.6 is 0 Å². The summed E-state index contributed by atoms with van der Waals surface area (Å²) in [7, 11) is 0. The second-order valence-corrected chi connectivity index (χ2v) is 4.49. The molecule has 0 aliphatic heterocycles. The van der Waals surface area contributed by atoms with Crippen molar-refractivity contribution in [3.05, 3.63) is 58.2 Å². The Morgan fingerprint density at radius 3 is 2.58 bits per heavy atom. The van der Waals surface area contributed by atoms with Crippen LogP contribution in [0.2, 0.25) is 0 Å². The predicted molar refractivity (Wildman–Crippen MR) is 70.7 cm³/mol. The fourth-order valence-electron chi connectivity index (χ4n) is 1.91. The molecular weight excluding hydrogens is 243 g/mol. The number of ketones is 1. The zero-order valence-electron chi connectivity index (χ0n) is 11.2. The summed E-state index contributed by atoms with van der Waals surface area (Å²) in [6, 6.07) is 6.11. The Hall–Kier alpha value is -2.10. The maximum atomic E-state index is 13.2. The molecule has 98 valence electrons. The number of aromatic nitrogens is 2. The number of carbonyl (C=O) groups is 1. The summed E-state index contributed by atoms with van der Waals surface area (Å²) in [6.45, 7) is 5.36. The molecule has 1 heterocycles. The molecule has 1 aromatic carbocycles.